The molecule has 1 N–H and O–H groups in total. The van der Waals surface area contributed by atoms with Gasteiger partial charge in [0.05, 0.1) is 5.02 Å². The van der Waals surface area contributed by atoms with Crippen LogP contribution in [0.2, 0.25) is 5.02 Å². The summed E-state index contributed by atoms with van der Waals surface area (Å²) in [6.07, 6.45) is 2.16. The van der Waals surface area contributed by atoms with Gasteiger partial charge in [0.25, 0.3) is 0 Å². The van der Waals surface area contributed by atoms with Gasteiger partial charge in [0.1, 0.15) is 11.9 Å². The van der Waals surface area contributed by atoms with Crippen molar-refractivity contribution in [1.82, 2.24) is 4.98 Å². The van der Waals surface area contributed by atoms with Gasteiger partial charge in [0.15, 0.2) is 0 Å². The molecular formula is C12H9ClFNO. The first-order chi connectivity index (χ1) is 7.70. The van der Waals surface area contributed by atoms with E-state index in [-0.39, 0.29) is 5.02 Å². The van der Waals surface area contributed by atoms with Crippen molar-refractivity contribution in [2.45, 2.75) is 6.10 Å². The lowest BCUT2D eigenvalue weighted by atomic mass is 10.0. The van der Waals surface area contributed by atoms with Crippen LogP contribution in [0.3, 0.4) is 0 Å². The fourth-order valence-electron chi connectivity index (χ4n) is 1.45. The standard InChI is InChI=1S/C12H9ClFNO/c13-11-9(4-1-5-10(11)14)12(16)8-3-2-6-15-7-8/h1-7,12,16H. The Balaban J connectivity index is 2.42. The van der Waals surface area contributed by atoms with Gasteiger partial charge in [-0.2, -0.15) is 0 Å². The van der Waals surface area contributed by atoms with E-state index in [1.54, 1.807) is 24.4 Å². The number of halogens is 2. The zero-order chi connectivity index (χ0) is 11.5. The molecule has 1 aromatic carbocycles. The highest BCUT2D eigenvalue weighted by atomic mass is 35.5. The topological polar surface area (TPSA) is 33.1 Å². The second-order valence-electron chi connectivity index (χ2n) is 3.33. The minimum Gasteiger partial charge on any atom is -0.384 e. The van der Waals surface area contributed by atoms with Crippen LogP contribution in [0.25, 0.3) is 0 Å². The second kappa shape index (κ2) is 4.60. The molecule has 0 saturated carbocycles. The maximum atomic E-state index is 13.2. The zero-order valence-corrected chi connectivity index (χ0v) is 9.03. The molecule has 0 aliphatic carbocycles. The number of pyridine rings is 1. The van der Waals surface area contributed by atoms with Crippen molar-refractivity contribution in [3.8, 4) is 0 Å². The van der Waals surface area contributed by atoms with Gasteiger partial charge in [-0.15, -0.1) is 0 Å². The Bertz CT molecular complexity index is 490. The van der Waals surface area contributed by atoms with Gasteiger partial charge in [0.2, 0.25) is 0 Å². The second-order valence-corrected chi connectivity index (χ2v) is 3.71. The molecular weight excluding hydrogens is 229 g/mol. The summed E-state index contributed by atoms with van der Waals surface area (Å²) in [7, 11) is 0. The molecule has 0 radical (unpaired) electrons. The van der Waals surface area contributed by atoms with Gasteiger partial charge in [-0.1, -0.05) is 29.8 Å². The third-order valence-corrected chi connectivity index (χ3v) is 2.67. The molecule has 16 heavy (non-hydrogen) atoms. The van der Waals surface area contributed by atoms with Crippen molar-refractivity contribution >= 4 is 11.6 Å². The number of aliphatic hydroxyl groups is 1. The Kier molecular flexibility index (Phi) is 3.17. The molecule has 1 heterocycles. The summed E-state index contributed by atoms with van der Waals surface area (Å²) < 4.78 is 13.2. The van der Waals surface area contributed by atoms with Crippen LogP contribution in [0.5, 0.6) is 0 Å². The van der Waals surface area contributed by atoms with Crippen molar-refractivity contribution in [2.24, 2.45) is 0 Å². The molecule has 1 atom stereocenters. The Morgan fingerprint density at radius 3 is 2.75 bits per heavy atom. The predicted octanol–water partition coefficient (Wildman–Crippen LogP) is 2.96. The monoisotopic (exact) mass is 237 g/mol. The van der Waals surface area contributed by atoms with Crippen molar-refractivity contribution in [3.63, 3.8) is 0 Å². The maximum absolute atomic E-state index is 13.2. The molecule has 0 amide bonds. The van der Waals surface area contributed by atoms with Crippen LogP contribution in [0.1, 0.15) is 17.2 Å². The summed E-state index contributed by atoms with van der Waals surface area (Å²) in [4.78, 5) is 3.89. The largest absolute Gasteiger partial charge is 0.384 e. The molecule has 0 saturated heterocycles. The lowest BCUT2D eigenvalue weighted by Gasteiger charge is -2.12. The Morgan fingerprint density at radius 1 is 1.25 bits per heavy atom. The van der Waals surface area contributed by atoms with Gasteiger partial charge in [-0.05, 0) is 12.1 Å². The van der Waals surface area contributed by atoms with Crippen molar-refractivity contribution < 1.29 is 9.50 Å². The van der Waals surface area contributed by atoms with Crippen molar-refractivity contribution in [2.75, 3.05) is 0 Å². The summed E-state index contributed by atoms with van der Waals surface area (Å²) >= 11 is 5.78. The molecule has 2 rings (SSSR count). The molecule has 82 valence electrons. The number of aliphatic hydroxyl groups excluding tert-OH is 1. The molecule has 0 spiro atoms. The molecule has 0 fully saturated rings. The van der Waals surface area contributed by atoms with Crippen molar-refractivity contribution in [3.05, 3.63) is 64.7 Å². The van der Waals surface area contributed by atoms with Crippen LogP contribution in [-0.2, 0) is 0 Å². The summed E-state index contributed by atoms with van der Waals surface area (Å²) in [6.45, 7) is 0. The van der Waals surface area contributed by atoms with Crippen LogP contribution in [0.4, 0.5) is 4.39 Å². The summed E-state index contributed by atoms with van der Waals surface area (Å²) in [5, 5.41) is 9.95. The van der Waals surface area contributed by atoms with E-state index in [0.717, 1.165) is 0 Å². The van der Waals surface area contributed by atoms with Crippen molar-refractivity contribution in [1.29, 1.82) is 0 Å². The number of hydrogen-bond donors (Lipinski definition) is 1. The van der Waals surface area contributed by atoms with Gasteiger partial charge >= 0.3 is 0 Å². The smallest absolute Gasteiger partial charge is 0.142 e. The van der Waals surface area contributed by atoms with E-state index < -0.39 is 11.9 Å². The van der Waals surface area contributed by atoms with E-state index >= 15 is 0 Å². The third-order valence-electron chi connectivity index (χ3n) is 2.28. The Morgan fingerprint density at radius 2 is 2.06 bits per heavy atom. The van der Waals surface area contributed by atoms with E-state index in [4.69, 9.17) is 11.6 Å². The van der Waals surface area contributed by atoms with E-state index in [9.17, 15) is 9.50 Å². The molecule has 4 heteroatoms. The van der Waals surface area contributed by atoms with Crippen LogP contribution in [0.15, 0.2) is 42.7 Å². The molecule has 0 aliphatic heterocycles. The molecule has 0 aliphatic rings. The average Bonchev–Trinajstić information content (AvgIpc) is 2.33. The van der Waals surface area contributed by atoms with Gasteiger partial charge in [-0.25, -0.2) is 4.39 Å². The number of nitrogens with zero attached hydrogens (tertiary/aromatic N) is 1. The third kappa shape index (κ3) is 2.05. The molecule has 2 aromatic rings. The minimum absolute atomic E-state index is 0.0566. The Labute approximate surface area is 97.3 Å². The van der Waals surface area contributed by atoms with E-state index in [0.29, 0.717) is 11.1 Å². The predicted molar refractivity (Wildman–Crippen MR) is 59.7 cm³/mol. The van der Waals surface area contributed by atoms with E-state index in [1.165, 1.54) is 18.3 Å². The normalized spacial score (nSPS) is 12.4. The Hall–Kier alpha value is -1.45. The zero-order valence-electron chi connectivity index (χ0n) is 8.27. The van der Waals surface area contributed by atoms with Crippen LogP contribution in [0, 0.1) is 5.82 Å². The van der Waals surface area contributed by atoms with Gasteiger partial charge < -0.3 is 5.11 Å². The first kappa shape index (κ1) is 11.0. The van der Waals surface area contributed by atoms with E-state index in [2.05, 4.69) is 4.98 Å². The summed E-state index contributed by atoms with van der Waals surface area (Å²) in [5.74, 6) is -0.540. The summed E-state index contributed by atoms with van der Waals surface area (Å²) in [6, 6.07) is 7.76. The highest BCUT2D eigenvalue weighted by Crippen LogP contribution is 2.29. The van der Waals surface area contributed by atoms with E-state index in [1.807, 2.05) is 0 Å². The molecule has 2 nitrogen and oxygen atoms in total. The first-order valence-electron chi connectivity index (χ1n) is 4.72. The molecule has 1 unspecified atom stereocenters. The summed E-state index contributed by atoms with van der Waals surface area (Å²) in [5.41, 5.74) is 0.921. The minimum atomic E-state index is -0.961. The first-order valence-corrected chi connectivity index (χ1v) is 5.10. The van der Waals surface area contributed by atoms with Gasteiger partial charge in [-0.3, -0.25) is 4.98 Å². The fraction of sp³-hybridized carbons (Fsp3) is 0.0833. The lowest BCUT2D eigenvalue weighted by molar-refractivity contribution is 0.219. The SMILES string of the molecule is OC(c1cccnc1)c1cccc(F)c1Cl. The highest BCUT2D eigenvalue weighted by molar-refractivity contribution is 6.31. The van der Waals surface area contributed by atoms with Gasteiger partial charge in [0, 0.05) is 23.5 Å². The van der Waals surface area contributed by atoms with Crippen LogP contribution >= 0.6 is 11.6 Å². The fourth-order valence-corrected chi connectivity index (χ4v) is 1.68. The lowest BCUT2D eigenvalue weighted by Crippen LogP contribution is -2.01. The van der Waals surface area contributed by atoms with Crippen LogP contribution < -0.4 is 0 Å². The number of hydrogen-bond acceptors (Lipinski definition) is 2. The molecule has 0 bridgehead atoms. The molecule has 1 aromatic heterocycles. The van der Waals surface area contributed by atoms with Crippen LogP contribution in [-0.4, -0.2) is 10.1 Å². The highest BCUT2D eigenvalue weighted by Gasteiger charge is 2.15. The number of benzene rings is 1. The number of aromatic nitrogens is 1. The number of rotatable bonds is 2. The quantitative estimate of drug-likeness (QED) is 0.871. The maximum Gasteiger partial charge on any atom is 0.142 e. The average molecular weight is 238 g/mol.